The molecule has 19 heteroatoms. The lowest BCUT2D eigenvalue weighted by atomic mass is 10.0. The number of ether oxygens (including phenoxy) is 4. The molecule has 17 nitrogen and oxygen atoms in total. The van der Waals surface area contributed by atoms with E-state index in [1.807, 2.05) is 0 Å². The van der Waals surface area contributed by atoms with Crippen molar-refractivity contribution in [3.63, 3.8) is 0 Å². The lowest BCUT2D eigenvalue weighted by Crippen LogP contribution is -2.30. The van der Waals surface area contributed by atoms with Gasteiger partial charge in [-0.15, -0.1) is 0 Å². The Morgan fingerprint density at radius 2 is 0.479 bits per heavy atom. The van der Waals surface area contributed by atoms with Gasteiger partial charge in [0.15, 0.2) is 12.2 Å². The molecule has 0 fully saturated rings. The first-order valence-corrected chi connectivity index (χ1v) is 43.1. The molecule has 0 amide bonds. The molecule has 570 valence electrons. The first-order chi connectivity index (χ1) is 46.5. The zero-order valence-electron chi connectivity index (χ0n) is 62.5. The molecule has 0 spiro atoms. The number of esters is 4. The molecule has 0 aliphatic carbocycles. The normalized spacial score (nSPS) is 13.9. The number of hydrogen-bond acceptors (Lipinski definition) is 15. The summed E-state index contributed by atoms with van der Waals surface area (Å²) in [7, 11) is -9.91. The molecule has 0 aromatic heterocycles. The Balaban J connectivity index is 5.26. The quantitative estimate of drug-likeness (QED) is 0.0222. The van der Waals surface area contributed by atoms with E-state index in [9.17, 15) is 43.2 Å². The summed E-state index contributed by atoms with van der Waals surface area (Å²) < 4.78 is 68.6. The first-order valence-electron chi connectivity index (χ1n) is 40.1. The molecule has 0 aliphatic rings. The molecule has 96 heavy (non-hydrogen) atoms. The minimum atomic E-state index is -4.96. The fourth-order valence-electron chi connectivity index (χ4n) is 11.9. The van der Waals surface area contributed by atoms with E-state index in [0.717, 1.165) is 95.8 Å². The fraction of sp³-hybridized carbons (Fsp3) is 0.948. The first kappa shape index (κ1) is 94.1. The minimum Gasteiger partial charge on any atom is -0.462 e. The Hall–Kier alpha value is -1.94. The topological polar surface area (TPSA) is 237 Å². The van der Waals surface area contributed by atoms with Crippen molar-refractivity contribution < 1.29 is 80.2 Å². The van der Waals surface area contributed by atoms with E-state index in [4.69, 9.17) is 37.0 Å². The number of unbranched alkanes of at least 4 members (excludes halogenated alkanes) is 49. The van der Waals surface area contributed by atoms with Crippen LogP contribution in [-0.2, 0) is 65.4 Å². The molecule has 0 saturated heterocycles. The van der Waals surface area contributed by atoms with Gasteiger partial charge in [0, 0.05) is 25.7 Å². The average Bonchev–Trinajstić information content (AvgIpc) is 1.91. The summed E-state index contributed by atoms with van der Waals surface area (Å²) in [6.07, 6.45) is 59.4. The van der Waals surface area contributed by atoms with E-state index in [1.165, 1.54) is 231 Å². The van der Waals surface area contributed by atoms with E-state index in [-0.39, 0.29) is 25.7 Å². The standard InChI is InChI=1S/C77H150O17P2/c1-6-9-12-15-18-21-24-27-32-36-41-46-51-56-61-75(80)88-67-73(94-77(82)63-58-53-48-43-38-33-29-28-31-34-39-44-49-54-59-70(4)5)69-92-96(85,86)90-65-71(78)64-89-95(83,84)91-68-72(66-87-74(79)60-55-50-45-40-35-26-23-20-17-14-11-8-3)93-76(81)62-57-52-47-42-37-30-25-22-19-16-13-10-7-2/h70-73,78H,6-69H2,1-5H3,(H,83,84)(H,85,86)/t71-,72+,73+/m0/s1. The number of carbonyl (C=O) groups is 4. The second-order valence-corrected chi connectivity index (χ2v) is 31.1. The van der Waals surface area contributed by atoms with Gasteiger partial charge in [0.1, 0.15) is 19.3 Å². The highest BCUT2D eigenvalue weighted by Gasteiger charge is 2.30. The second kappa shape index (κ2) is 70.1. The van der Waals surface area contributed by atoms with Gasteiger partial charge < -0.3 is 33.8 Å². The average molecular weight is 1410 g/mol. The smallest absolute Gasteiger partial charge is 0.462 e. The molecule has 0 saturated carbocycles. The van der Waals surface area contributed by atoms with Crippen molar-refractivity contribution in [2.75, 3.05) is 39.6 Å². The highest BCUT2D eigenvalue weighted by molar-refractivity contribution is 7.47. The van der Waals surface area contributed by atoms with Gasteiger partial charge in [-0.3, -0.25) is 37.3 Å². The molecule has 0 bridgehead atoms. The SMILES string of the molecule is CCCCCCCCCCCCCCCCC(=O)OC[C@H](COP(=O)(O)OC[C@@H](O)COP(=O)(O)OC[C@@H](COC(=O)CCCCCCCCCCCCCC)OC(=O)CCCCCCCCCCCCCCC)OC(=O)CCCCCCCCCCCCCCCCC(C)C. The van der Waals surface area contributed by atoms with Gasteiger partial charge in [0.05, 0.1) is 26.4 Å². The zero-order chi connectivity index (χ0) is 70.5. The minimum absolute atomic E-state index is 0.108. The van der Waals surface area contributed by atoms with Crippen LogP contribution in [0.15, 0.2) is 0 Å². The van der Waals surface area contributed by atoms with Gasteiger partial charge in [0.2, 0.25) is 0 Å². The molecule has 0 aromatic carbocycles. The van der Waals surface area contributed by atoms with Gasteiger partial charge in [-0.2, -0.15) is 0 Å². The highest BCUT2D eigenvalue weighted by atomic mass is 31.2. The van der Waals surface area contributed by atoms with Gasteiger partial charge in [0.25, 0.3) is 0 Å². The van der Waals surface area contributed by atoms with E-state index < -0.39 is 97.5 Å². The lowest BCUT2D eigenvalue weighted by molar-refractivity contribution is -0.161. The Morgan fingerprint density at radius 1 is 0.281 bits per heavy atom. The largest absolute Gasteiger partial charge is 0.472 e. The summed E-state index contributed by atoms with van der Waals surface area (Å²) in [5.41, 5.74) is 0. The molecule has 0 radical (unpaired) electrons. The molecule has 0 aromatic rings. The third-order valence-electron chi connectivity index (χ3n) is 18.0. The number of hydrogen-bond donors (Lipinski definition) is 3. The fourth-order valence-corrected chi connectivity index (χ4v) is 13.5. The number of aliphatic hydroxyl groups is 1. The van der Waals surface area contributed by atoms with Crippen LogP contribution < -0.4 is 0 Å². The van der Waals surface area contributed by atoms with E-state index >= 15 is 0 Å². The van der Waals surface area contributed by atoms with Gasteiger partial charge in [-0.1, -0.05) is 356 Å². The van der Waals surface area contributed by atoms with E-state index in [2.05, 4.69) is 34.6 Å². The molecular formula is C77H150O17P2. The van der Waals surface area contributed by atoms with Crippen molar-refractivity contribution in [3.8, 4) is 0 Å². The van der Waals surface area contributed by atoms with E-state index in [0.29, 0.717) is 25.7 Å². The van der Waals surface area contributed by atoms with Crippen LogP contribution in [0.2, 0.25) is 0 Å². The third kappa shape index (κ3) is 70.5. The van der Waals surface area contributed by atoms with Crippen LogP contribution in [0.25, 0.3) is 0 Å². The van der Waals surface area contributed by atoms with Gasteiger partial charge >= 0.3 is 39.5 Å². The molecule has 5 atom stereocenters. The maximum absolute atomic E-state index is 13.1. The van der Waals surface area contributed by atoms with Crippen molar-refractivity contribution >= 4 is 39.5 Å². The van der Waals surface area contributed by atoms with Crippen LogP contribution in [0.1, 0.15) is 407 Å². The lowest BCUT2D eigenvalue weighted by Gasteiger charge is -2.21. The summed E-state index contributed by atoms with van der Waals surface area (Å²) >= 11 is 0. The molecule has 3 N–H and O–H groups in total. The summed E-state index contributed by atoms with van der Waals surface area (Å²) in [6.45, 7) is 7.33. The molecule has 2 unspecified atom stereocenters. The van der Waals surface area contributed by atoms with Crippen LogP contribution in [0.4, 0.5) is 0 Å². The van der Waals surface area contributed by atoms with E-state index in [1.54, 1.807) is 0 Å². The van der Waals surface area contributed by atoms with Crippen molar-refractivity contribution in [1.29, 1.82) is 0 Å². The Kier molecular flexibility index (Phi) is 68.7. The predicted molar refractivity (Wildman–Crippen MR) is 391 cm³/mol. The predicted octanol–water partition coefficient (Wildman–Crippen LogP) is 22.9. The Morgan fingerprint density at radius 3 is 0.708 bits per heavy atom. The molecular weight excluding hydrogens is 1260 g/mol. The van der Waals surface area contributed by atoms with Crippen LogP contribution >= 0.6 is 15.6 Å². The number of carbonyl (C=O) groups excluding carboxylic acids is 4. The summed E-state index contributed by atoms with van der Waals surface area (Å²) in [5.74, 6) is -1.31. The molecule has 0 rings (SSSR count). The van der Waals surface area contributed by atoms with Gasteiger partial charge in [-0.05, 0) is 31.6 Å². The Labute approximate surface area is 588 Å². The monoisotopic (exact) mass is 1410 g/mol. The molecule has 0 aliphatic heterocycles. The van der Waals surface area contributed by atoms with Crippen molar-refractivity contribution in [2.45, 2.75) is 425 Å². The maximum atomic E-state index is 13.1. The van der Waals surface area contributed by atoms with Crippen LogP contribution in [0, 0.1) is 5.92 Å². The maximum Gasteiger partial charge on any atom is 0.472 e. The highest BCUT2D eigenvalue weighted by Crippen LogP contribution is 2.45. The Bertz CT molecular complexity index is 1840. The van der Waals surface area contributed by atoms with Crippen molar-refractivity contribution in [1.82, 2.24) is 0 Å². The van der Waals surface area contributed by atoms with Crippen LogP contribution in [0.3, 0.4) is 0 Å². The number of phosphoric ester groups is 2. The second-order valence-electron chi connectivity index (χ2n) is 28.2. The summed E-state index contributed by atoms with van der Waals surface area (Å²) in [5, 5.41) is 10.6. The van der Waals surface area contributed by atoms with Crippen molar-refractivity contribution in [3.05, 3.63) is 0 Å². The summed E-state index contributed by atoms with van der Waals surface area (Å²) in [6, 6.07) is 0. The third-order valence-corrected chi connectivity index (χ3v) is 19.9. The number of rotatable bonds is 77. The number of aliphatic hydroxyl groups excluding tert-OH is 1. The van der Waals surface area contributed by atoms with Crippen molar-refractivity contribution in [2.24, 2.45) is 5.92 Å². The summed E-state index contributed by atoms with van der Waals surface area (Å²) in [4.78, 5) is 72.9. The van der Waals surface area contributed by atoms with Crippen LogP contribution in [-0.4, -0.2) is 96.7 Å². The van der Waals surface area contributed by atoms with Crippen LogP contribution in [0.5, 0.6) is 0 Å². The number of phosphoric acid groups is 2. The molecule has 0 heterocycles. The zero-order valence-corrected chi connectivity index (χ0v) is 64.3. The van der Waals surface area contributed by atoms with Gasteiger partial charge in [-0.25, -0.2) is 9.13 Å².